The Kier molecular flexibility index (Phi) is 4.81. The zero-order valence-corrected chi connectivity index (χ0v) is 12.0. The van der Waals surface area contributed by atoms with E-state index in [4.69, 9.17) is 22.6 Å². The topological polar surface area (TPSA) is 78.9 Å². The van der Waals surface area contributed by atoms with Gasteiger partial charge in [-0.25, -0.2) is 0 Å². The molecule has 2 aromatic carbocycles. The fraction of sp³-hybridized carbons (Fsp3) is 0.125. The average molecular weight is 300 g/mol. The number of benzene rings is 2. The van der Waals surface area contributed by atoms with Crippen molar-refractivity contribution in [2.24, 2.45) is 0 Å². The van der Waals surface area contributed by atoms with Crippen molar-refractivity contribution in [1.82, 2.24) is 0 Å². The van der Waals surface area contributed by atoms with Crippen LogP contribution in [0.5, 0.6) is 0 Å². The number of aryl methyl sites for hydroxylation is 1. The standard InChI is InChI=1S/C16H14ClN3O/c17-15-7-6-14(9-12(15)10-18)20-16(21)8-3-11-1-4-13(19)5-2-11/h1-2,4-7,9H,3,8,19H2,(H,20,21). The lowest BCUT2D eigenvalue weighted by Crippen LogP contribution is -2.12. The van der Waals surface area contributed by atoms with Gasteiger partial charge in [0, 0.05) is 17.8 Å². The predicted molar refractivity (Wildman–Crippen MR) is 84.0 cm³/mol. The van der Waals surface area contributed by atoms with Crippen molar-refractivity contribution < 1.29 is 4.79 Å². The van der Waals surface area contributed by atoms with Crippen LogP contribution in [0.1, 0.15) is 17.5 Å². The van der Waals surface area contributed by atoms with Crippen molar-refractivity contribution in [2.45, 2.75) is 12.8 Å². The van der Waals surface area contributed by atoms with Crippen molar-refractivity contribution in [2.75, 3.05) is 11.1 Å². The lowest BCUT2D eigenvalue weighted by Gasteiger charge is -2.06. The molecule has 1 amide bonds. The minimum Gasteiger partial charge on any atom is -0.399 e. The van der Waals surface area contributed by atoms with Crippen LogP contribution in [0.25, 0.3) is 0 Å². The zero-order valence-electron chi connectivity index (χ0n) is 11.3. The Hall–Kier alpha value is -2.51. The van der Waals surface area contributed by atoms with Crippen LogP contribution in [-0.4, -0.2) is 5.91 Å². The first-order valence-electron chi connectivity index (χ1n) is 6.42. The summed E-state index contributed by atoms with van der Waals surface area (Å²) in [7, 11) is 0. The van der Waals surface area contributed by atoms with Crippen molar-refractivity contribution in [3.05, 3.63) is 58.6 Å². The van der Waals surface area contributed by atoms with E-state index in [2.05, 4.69) is 5.32 Å². The van der Waals surface area contributed by atoms with Gasteiger partial charge in [0.1, 0.15) is 6.07 Å². The maximum Gasteiger partial charge on any atom is 0.224 e. The van der Waals surface area contributed by atoms with E-state index in [0.717, 1.165) is 5.56 Å². The number of carbonyl (C=O) groups is 1. The molecule has 0 heterocycles. The van der Waals surface area contributed by atoms with Crippen LogP contribution >= 0.6 is 11.6 Å². The second-order valence-corrected chi connectivity index (χ2v) is 5.00. The summed E-state index contributed by atoms with van der Waals surface area (Å²) in [5, 5.41) is 12.0. The number of nitrogen functional groups attached to an aromatic ring is 1. The molecule has 3 N–H and O–H groups in total. The summed E-state index contributed by atoms with van der Waals surface area (Å²) in [5.41, 5.74) is 8.27. The van der Waals surface area contributed by atoms with Crippen molar-refractivity contribution >= 4 is 28.9 Å². The zero-order chi connectivity index (χ0) is 15.2. The molecule has 0 aliphatic heterocycles. The number of nitrogens with zero attached hydrogens (tertiary/aromatic N) is 1. The molecular weight excluding hydrogens is 286 g/mol. The van der Waals surface area contributed by atoms with Crippen LogP contribution in [0.4, 0.5) is 11.4 Å². The van der Waals surface area contributed by atoms with Crippen LogP contribution in [0.15, 0.2) is 42.5 Å². The lowest BCUT2D eigenvalue weighted by molar-refractivity contribution is -0.116. The molecule has 0 saturated carbocycles. The molecule has 0 aliphatic rings. The second-order valence-electron chi connectivity index (χ2n) is 4.60. The molecule has 0 saturated heterocycles. The molecule has 0 aromatic heterocycles. The SMILES string of the molecule is N#Cc1cc(NC(=O)CCc2ccc(N)cc2)ccc1Cl. The molecule has 4 nitrogen and oxygen atoms in total. The maximum atomic E-state index is 11.9. The monoisotopic (exact) mass is 299 g/mol. The van der Waals surface area contributed by atoms with E-state index < -0.39 is 0 Å². The summed E-state index contributed by atoms with van der Waals surface area (Å²) < 4.78 is 0. The number of halogens is 1. The molecule has 0 unspecified atom stereocenters. The molecule has 0 fully saturated rings. The Balaban J connectivity index is 1.93. The second kappa shape index (κ2) is 6.78. The number of hydrogen-bond donors (Lipinski definition) is 2. The van der Waals surface area contributed by atoms with Crippen LogP contribution in [0.3, 0.4) is 0 Å². The summed E-state index contributed by atoms with van der Waals surface area (Å²) in [6, 6.07) is 14.2. The maximum absolute atomic E-state index is 11.9. The van der Waals surface area contributed by atoms with E-state index in [1.807, 2.05) is 30.3 Å². The largest absolute Gasteiger partial charge is 0.399 e. The minimum absolute atomic E-state index is 0.113. The molecule has 0 bridgehead atoms. The first kappa shape index (κ1) is 14.9. The highest BCUT2D eigenvalue weighted by Crippen LogP contribution is 2.20. The number of amides is 1. The molecule has 5 heteroatoms. The molecule has 0 radical (unpaired) electrons. The van der Waals surface area contributed by atoms with Crippen LogP contribution in [0.2, 0.25) is 5.02 Å². The molecule has 21 heavy (non-hydrogen) atoms. The Morgan fingerprint density at radius 1 is 1.24 bits per heavy atom. The van der Waals surface area contributed by atoms with Crippen molar-refractivity contribution in [3.8, 4) is 6.07 Å². The van der Waals surface area contributed by atoms with Gasteiger partial charge in [0.2, 0.25) is 5.91 Å². The van der Waals surface area contributed by atoms with Crippen LogP contribution in [0, 0.1) is 11.3 Å². The minimum atomic E-state index is -0.113. The quantitative estimate of drug-likeness (QED) is 0.850. The summed E-state index contributed by atoms with van der Waals surface area (Å²) in [6.45, 7) is 0. The summed E-state index contributed by atoms with van der Waals surface area (Å²) in [5.74, 6) is -0.113. The highest BCUT2D eigenvalue weighted by molar-refractivity contribution is 6.31. The van der Waals surface area contributed by atoms with Gasteiger partial charge in [-0.15, -0.1) is 0 Å². The number of carbonyl (C=O) groups excluding carboxylic acids is 1. The number of rotatable bonds is 4. The van der Waals surface area contributed by atoms with Crippen molar-refractivity contribution in [3.63, 3.8) is 0 Å². The highest BCUT2D eigenvalue weighted by atomic mass is 35.5. The fourth-order valence-corrected chi connectivity index (χ4v) is 2.01. The van der Waals surface area contributed by atoms with E-state index in [-0.39, 0.29) is 5.91 Å². The number of nitrogens with two attached hydrogens (primary N) is 1. The van der Waals surface area contributed by atoms with Crippen LogP contribution in [-0.2, 0) is 11.2 Å². The van der Waals surface area contributed by atoms with Gasteiger partial charge in [-0.3, -0.25) is 4.79 Å². The third kappa shape index (κ3) is 4.23. The number of hydrogen-bond acceptors (Lipinski definition) is 3. The predicted octanol–water partition coefficient (Wildman–Crippen LogP) is 3.37. The molecule has 106 valence electrons. The first-order chi connectivity index (χ1) is 10.1. The molecule has 0 aliphatic carbocycles. The molecule has 2 rings (SSSR count). The number of nitriles is 1. The van der Waals surface area contributed by atoms with E-state index in [0.29, 0.717) is 34.8 Å². The summed E-state index contributed by atoms with van der Waals surface area (Å²) in [4.78, 5) is 11.9. The summed E-state index contributed by atoms with van der Waals surface area (Å²) >= 11 is 5.84. The number of anilines is 2. The van der Waals surface area contributed by atoms with Crippen LogP contribution < -0.4 is 11.1 Å². The van der Waals surface area contributed by atoms with Gasteiger partial charge in [0.25, 0.3) is 0 Å². The van der Waals surface area contributed by atoms with E-state index in [1.54, 1.807) is 18.2 Å². The van der Waals surface area contributed by atoms with Gasteiger partial charge in [0.15, 0.2) is 0 Å². The molecule has 0 spiro atoms. The molecule has 2 aromatic rings. The van der Waals surface area contributed by atoms with Gasteiger partial charge in [0.05, 0.1) is 10.6 Å². The average Bonchev–Trinajstić information content (AvgIpc) is 2.48. The third-order valence-corrected chi connectivity index (χ3v) is 3.32. The van der Waals surface area contributed by atoms with E-state index >= 15 is 0 Å². The first-order valence-corrected chi connectivity index (χ1v) is 6.80. The Morgan fingerprint density at radius 3 is 2.62 bits per heavy atom. The van der Waals surface area contributed by atoms with Gasteiger partial charge in [-0.2, -0.15) is 5.26 Å². The van der Waals surface area contributed by atoms with Gasteiger partial charge in [-0.1, -0.05) is 23.7 Å². The van der Waals surface area contributed by atoms with E-state index in [1.165, 1.54) is 0 Å². The van der Waals surface area contributed by atoms with Gasteiger partial charge >= 0.3 is 0 Å². The van der Waals surface area contributed by atoms with Crippen molar-refractivity contribution in [1.29, 1.82) is 5.26 Å². The van der Waals surface area contributed by atoms with Gasteiger partial charge < -0.3 is 11.1 Å². The molecular formula is C16H14ClN3O. The molecule has 0 atom stereocenters. The fourth-order valence-electron chi connectivity index (χ4n) is 1.85. The van der Waals surface area contributed by atoms with Gasteiger partial charge in [-0.05, 0) is 42.3 Å². The Morgan fingerprint density at radius 2 is 1.95 bits per heavy atom. The number of nitrogens with one attached hydrogen (secondary N) is 1. The lowest BCUT2D eigenvalue weighted by atomic mass is 10.1. The smallest absolute Gasteiger partial charge is 0.224 e. The highest BCUT2D eigenvalue weighted by Gasteiger charge is 2.06. The summed E-state index contributed by atoms with van der Waals surface area (Å²) in [6.07, 6.45) is 0.985. The normalized spacial score (nSPS) is 9.90. The Labute approximate surface area is 128 Å². The third-order valence-electron chi connectivity index (χ3n) is 2.99. The Bertz CT molecular complexity index is 690. The van der Waals surface area contributed by atoms with E-state index in [9.17, 15) is 4.79 Å².